The monoisotopic (exact) mass is 459 g/mol. The quantitative estimate of drug-likeness (QED) is 0.613. The first-order valence-corrected chi connectivity index (χ1v) is 12.5. The summed E-state index contributed by atoms with van der Waals surface area (Å²) in [5.41, 5.74) is 5.00. The van der Waals surface area contributed by atoms with Crippen molar-refractivity contribution in [3.05, 3.63) is 83.4 Å². The molecule has 2 aliphatic rings. The molecule has 6 nitrogen and oxygen atoms in total. The van der Waals surface area contributed by atoms with Crippen LogP contribution in [-0.4, -0.2) is 37.0 Å². The Balaban J connectivity index is 1.61. The first-order valence-electron chi connectivity index (χ1n) is 11.0. The van der Waals surface area contributed by atoms with Gasteiger partial charge in [-0.05, 0) is 65.9 Å². The molecule has 7 heteroatoms. The third kappa shape index (κ3) is 3.61. The summed E-state index contributed by atoms with van der Waals surface area (Å²) in [4.78, 5) is 0.328. The minimum atomic E-state index is -3.71. The van der Waals surface area contributed by atoms with Crippen LogP contribution < -0.4 is 5.32 Å². The van der Waals surface area contributed by atoms with Gasteiger partial charge >= 0.3 is 0 Å². The number of benzene rings is 3. The smallest absolute Gasteiger partial charge is 0.243 e. The maximum Gasteiger partial charge on any atom is 0.243 e. The lowest BCUT2D eigenvalue weighted by molar-refractivity contribution is 0.210. The average Bonchev–Trinajstić information content (AvgIpc) is 3.30. The van der Waals surface area contributed by atoms with E-state index in [0.717, 1.165) is 27.9 Å². The van der Waals surface area contributed by atoms with Gasteiger partial charge in [0.15, 0.2) is 0 Å². The Morgan fingerprint density at radius 2 is 1.82 bits per heavy atom. The Morgan fingerprint density at radius 1 is 1.09 bits per heavy atom. The molecule has 0 saturated carbocycles. The van der Waals surface area contributed by atoms with Crippen LogP contribution in [0.25, 0.3) is 11.1 Å². The summed E-state index contributed by atoms with van der Waals surface area (Å²) in [5.74, 6) is -0.0301. The highest BCUT2D eigenvalue weighted by Gasteiger charge is 2.48. The van der Waals surface area contributed by atoms with Crippen molar-refractivity contribution in [1.29, 1.82) is 5.26 Å². The molecular weight excluding hydrogens is 434 g/mol. The number of nitriles is 1. The highest BCUT2D eigenvalue weighted by atomic mass is 32.2. The molecule has 0 spiro atoms. The molecule has 3 atom stereocenters. The van der Waals surface area contributed by atoms with Crippen LogP contribution >= 0.6 is 0 Å². The first-order chi connectivity index (χ1) is 15.9. The van der Waals surface area contributed by atoms with Crippen molar-refractivity contribution in [2.75, 3.05) is 18.5 Å². The number of rotatable bonds is 4. The van der Waals surface area contributed by atoms with E-state index in [-0.39, 0.29) is 24.6 Å². The van der Waals surface area contributed by atoms with Crippen LogP contribution in [0.3, 0.4) is 0 Å². The van der Waals surface area contributed by atoms with Crippen LogP contribution in [0.4, 0.5) is 5.69 Å². The average molecular weight is 460 g/mol. The minimum absolute atomic E-state index is 0.0301. The fourth-order valence-electron chi connectivity index (χ4n) is 5.18. The number of nitrogens with one attached hydrogen (secondary N) is 1. The predicted octanol–water partition coefficient (Wildman–Crippen LogP) is 4.07. The zero-order chi connectivity index (χ0) is 23.2. The lowest BCUT2D eigenvalue weighted by Gasteiger charge is -2.39. The van der Waals surface area contributed by atoms with Gasteiger partial charge in [-0.2, -0.15) is 9.57 Å². The van der Waals surface area contributed by atoms with Gasteiger partial charge in [-0.15, -0.1) is 0 Å². The fourth-order valence-corrected chi connectivity index (χ4v) is 7.07. The van der Waals surface area contributed by atoms with Crippen molar-refractivity contribution in [3.63, 3.8) is 0 Å². The number of fused-ring (bicyclic) bond motifs is 3. The van der Waals surface area contributed by atoms with E-state index in [0.29, 0.717) is 23.4 Å². The Hall–Kier alpha value is -3.18. The summed E-state index contributed by atoms with van der Waals surface area (Å²) >= 11 is 0. The van der Waals surface area contributed by atoms with Crippen molar-refractivity contribution >= 4 is 15.7 Å². The van der Waals surface area contributed by atoms with Crippen molar-refractivity contribution < 1.29 is 13.5 Å². The van der Waals surface area contributed by atoms with Crippen molar-refractivity contribution in [2.24, 2.45) is 5.92 Å². The second kappa shape index (κ2) is 8.31. The summed E-state index contributed by atoms with van der Waals surface area (Å²) in [5, 5.41) is 22.5. The SMILES string of the molecule is Cc1ccccc1S(=O)(=O)N1CC[C@@H]2[C@H](CO)Nc3ccc(-c4ccc(C#N)cc4)cc3[C@@H]21. The Kier molecular flexibility index (Phi) is 5.45. The maximum atomic E-state index is 13.8. The molecule has 1 fully saturated rings. The van der Waals surface area contributed by atoms with E-state index in [1.807, 2.05) is 49.4 Å². The third-order valence-corrected chi connectivity index (χ3v) is 8.89. The molecule has 0 aliphatic carbocycles. The second-order valence-electron chi connectivity index (χ2n) is 8.70. The molecule has 2 N–H and O–H groups in total. The number of hydrogen-bond donors (Lipinski definition) is 2. The number of aryl methyl sites for hydroxylation is 1. The molecule has 33 heavy (non-hydrogen) atoms. The highest BCUT2D eigenvalue weighted by Crippen LogP contribution is 2.49. The number of nitrogens with zero attached hydrogens (tertiary/aromatic N) is 2. The van der Waals surface area contributed by atoms with Gasteiger partial charge < -0.3 is 10.4 Å². The number of anilines is 1. The highest BCUT2D eigenvalue weighted by molar-refractivity contribution is 7.89. The molecule has 1 saturated heterocycles. The standard InChI is InChI=1S/C26H25N3O3S/c1-17-4-2-3-5-25(17)33(31,32)29-13-12-21-24(16-30)28-23-11-10-20(14-22(23)26(21)29)19-8-6-18(15-27)7-9-19/h2-11,14,21,24,26,28,30H,12-13,16H2,1H3/t21-,24+,26-/m1/s1. The Morgan fingerprint density at radius 3 is 2.52 bits per heavy atom. The number of aliphatic hydroxyl groups is 1. The largest absolute Gasteiger partial charge is 0.394 e. The maximum absolute atomic E-state index is 13.8. The van der Waals surface area contributed by atoms with Gasteiger partial charge in [-0.25, -0.2) is 8.42 Å². The second-order valence-corrected chi connectivity index (χ2v) is 10.6. The lowest BCUT2D eigenvalue weighted by atomic mass is 9.82. The lowest BCUT2D eigenvalue weighted by Crippen LogP contribution is -2.42. The fraction of sp³-hybridized carbons (Fsp3) is 0.269. The molecule has 0 aromatic heterocycles. The van der Waals surface area contributed by atoms with Gasteiger partial charge in [0, 0.05) is 18.2 Å². The third-order valence-electron chi connectivity index (χ3n) is 6.85. The van der Waals surface area contributed by atoms with Gasteiger partial charge in [0.1, 0.15) is 0 Å². The topological polar surface area (TPSA) is 93.4 Å². The van der Waals surface area contributed by atoms with Crippen molar-refractivity contribution in [1.82, 2.24) is 4.31 Å². The molecule has 2 aliphatic heterocycles. The number of aliphatic hydroxyl groups excluding tert-OH is 1. The van der Waals surface area contributed by atoms with Crippen LogP contribution in [0, 0.1) is 24.2 Å². The van der Waals surface area contributed by atoms with Crippen LogP contribution in [-0.2, 0) is 10.0 Å². The van der Waals surface area contributed by atoms with Crippen molar-refractivity contribution in [2.45, 2.75) is 30.3 Å². The first kappa shape index (κ1) is 21.7. The van der Waals surface area contributed by atoms with Gasteiger partial charge in [-0.1, -0.05) is 36.4 Å². The minimum Gasteiger partial charge on any atom is -0.394 e. The molecule has 0 bridgehead atoms. The molecule has 3 aromatic rings. The molecule has 3 aromatic carbocycles. The molecule has 2 heterocycles. The van der Waals surface area contributed by atoms with E-state index in [1.165, 1.54) is 0 Å². The summed E-state index contributed by atoms with van der Waals surface area (Å²) in [6.45, 7) is 2.16. The molecular formula is C26H25N3O3S. The number of sulfonamides is 1. The van der Waals surface area contributed by atoms with E-state index in [4.69, 9.17) is 5.26 Å². The van der Waals surface area contributed by atoms with E-state index in [2.05, 4.69) is 11.4 Å². The van der Waals surface area contributed by atoms with E-state index in [1.54, 1.807) is 28.6 Å². The molecule has 0 amide bonds. The van der Waals surface area contributed by atoms with E-state index in [9.17, 15) is 13.5 Å². The van der Waals surface area contributed by atoms with Crippen LogP contribution in [0.15, 0.2) is 71.6 Å². The summed E-state index contributed by atoms with van der Waals surface area (Å²) in [6, 6.07) is 22.0. The zero-order valence-corrected chi connectivity index (χ0v) is 19.1. The van der Waals surface area contributed by atoms with E-state index < -0.39 is 10.0 Å². The predicted molar refractivity (Wildman–Crippen MR) is 127 cm³/mol. The Bertz CT molecular complexity index is 1350. The summed E-state index contributed by atoms with van der Waals surface area (Å²) in [6.07, 6.45) is 0.675. The van der Waals surface area contributed by atoms with Crippen molar-refractivity contribution in [3.8, 4) is 17.2 Å². The van der Waals surface area contributed by atoms with Crippen LogP contribution in [0.5, 0.6) is 0 Å². The Labute approximate surface area is 194 Å². The summed E-state index contributed by atoms with van der Waals surface area (Å²) in [7, 11) is -3.71. The normalized spacial score (nSPS) is 22.2. The van der Waals surface area contributed by atoms with Gasteiger partial charge in [-0.3, -0.25) is 0 Å². The van der Waals surface area contributed by atoms with Gasteiger partial charge in [0.25, 0.3) is 0 Å². The van der Waals surface area contributed by atoms with Crippen LogP contribution in [0.1, 0.15) is 29.2 Å². The molecule has 0 unspecified atom stereocenters. The zero-order valence-electron chi connectivity index (χ0n) is 18.3. The van der Waals surface area contributed by atoms with Crippen LogP contribution in [0.2, 0.25) is 0 Å². The summed E-state index contributed by atoms with van der Waals surface area (Å²) < 4.78 is 29.1. The van der Waals surface area contributed by atoms with E-state index >= 15 is 0 Å². The molecule has 5 rings (SSSR count). The van der Waals surface area contributed by atoms with Gasteiger partial charge in [0.2, 0.25) is 10.0 Å². The molecule has 0 radical (unpaired) electrons. The van der Waals surface area contributed by atoms with Gasteiger partial charge in [0.05, 0.1) is 35.2 Å². The number of hydrogen-bond acceptors (Lipinski definition) is 5. The molecule has 168 valence electrons.